The molecule has 0 aliphatic heterocycles. The van der Waals surface area contributed by atoms with E-state index in [1.54, 1.807) is 0 Å². The highest BCUT2D eigenvalue weighted by molar-refractivity contribution is 5.55. The molecule has 2 heteroatoms. The largest absolute Gasteiger partial charge is 0.355 e. The second kappa shape index (κ2) is 6.80. The summed E-state index contributed by atoms with van der Waals surface area (Å²) in [6, 6.07) is 4.01. The number of rotatable bonds is 5. The third kappa shape index (κ3) is 3.88. The lowest BCUT2D eigenvalue weighted by atomic mass is 10.1. The molecule has 18 heavy (non-hydrogen) atoms. The zero-order valence-electron chi connectivity index (χ0n) is 11.7. The molecule has 0 bridgehead atoms. The number of nitrogens with zero attached hydrogens (tertiary/aromatic N) is 1. The first-order valence-electron chi connectivity index (χ1n) is 6.28. The monoisotopic (exact) mass is 242 g/mol. The van der Waals surface area contributed by atoms with Crippen LogP contribution in [0.4, 0.5) is 5.69 Å². The highest BCUT2D eigenvalue weighted by atomic mass is 14.9. The summed E-state index contributed by atoms with van der Waals surface area (Å²) >= 11 is 0. The van der Waals surface area contributed by atoms with Crippen LogP contribution in [-0.4, -0.2) is 4.98 Å². The quantitative estimate of drug-likeness (QED) is 0.762. The lowest BCUT2D eigenvalue weighted by molar-refractivity contribution is 1.16. The van der Waals surface area contributed by atoms with E-state index < -0.39 is 0 Å². The van der Waals surface area contributed by atoms with Gasteiger partial charge in [-0.3, -0.25) is 4.98 Å². The van der Waals surface area contributed by atoms with Crippen LogP contribution in [0.5, 0.6) is 0 Å². The van der Waals surface area contributed by atoms with Crippen LogP contribution in [0, 0.1) is 6.92 Å². The fraction of sp³-hybridized carbons (Fsp3) is 0.312. The summed E-state index contributed by atoms with van der Waals surface area (Å²) in [7, 11) is 0. The summed E-state index contributed by atoms with van der Waals surface area (Å²) in [6.45, 7) is 12.2. The molecule has 0 spiro atoms. The summed E-state index contributed by atoms with van der Waals surface area (Å²) < 4.78 is 0. The van der Waals surface area contributed by atoms with Gasteiger partial charge in [0.15, 0.2) is 0 Å². The summed E-state index contributed by atoms with van der Waals surface area (Å²) in [5.41, 5.74) is 5.57. The van der Waals surface area contributed by atoms with E-state index in [9.17, 15) is 0 Å². The summed E-state index contributed by atoms with van der Waals surface area (Å²) in [6.07, 6.45) is 6.93. The highest BCUT2D eigenvalue weighted by Gasteiger charge is 2.04. The molecule has 0 aromatic carbocycles. The number of aromatic nitrogens is 1. The van der Waals surface area contributed by atoms with Crippen LogP contribution < -0.4 is 5.32 Å². The van der Waals surface area contributed by atoms with Crippen molar-refractivity contribution in [3.05, 3.63) is 59.6 Å². The number of pyridine rings is 1. The fourth-order valence-corrected chi connectivity index (χ4v) is 1.79. The fourth-order valence-electron chi connectivity index (χ4n) is 1.79. The van der Waals surface area contributed by atoms with Crippen molar-refractivity contribution in [2.75, 3.05) is 5.32 Å². The smallest absolute Gasteiger partial charge is 0.0440 e. The van der Waals surface area contributed by atoms with E-state index in [1.165, 1.54) is 5.57 Å². The molecule has 1 aromatic rings. The van der Waals surface area contributed by atoms with Crippen molar-refractivity contribution in [2.45, 2.75) is 34.1 Å². The minimum atomic E-state index is 1.01. The third-order valence-corrected chi connectivity index (χ3v) is 2.77. The lowest BCUT2D eigenvalue weighted by Gasteiger charge is -2.14. The first-order chi connectivity index (χ1) is 8.58. The number of hydrogen-bond donors (Lipinski definition) is 1. The Labute approximate surface area is 110 Å². The zero-order chi connectivity index (χ0) is 13.5. The Balaban J connectivity index is 3.08. The van der Waals surface area contributed by atoms with Gasteiger partial charge in [0.1, 0.15) is 0 Å². The molecule has 0 radical (unpaired) electrons. The van der Waals surface area contributed by atoms with Crippen LogP contribution in [-0.2, 0) is 0 Å². The van der Waals surface area contributed by atoms with E-state index in [2.05, 4.69) is 43.7 Å². The molecular weight excluding hydrogens is 220 g/mol. The van der Waals surface area contributed by atoms with Gasteiger partial charge < -0.3 is 5.32 Å². The van der Waals surface area contributed by atoms with Gasteiger partial charge in [-0.15, -0.1) is 0 Å². The molecule has 0 fully saturated rings. The maximum atomic E-state index is 4.20. The van der Waals surface area contributed by atoms with E-state index in [-0.39, 0.29) is 0 Å². The predicted molar refractivity (Wildman–Crippen MR) is 79.5 cm³/mol. The van der Waals surface area contributed by atoms with Crippen LogP contribution in [0.2, 0.25) is 0 Å². The molecule has 96 valence electrons. The van der Waals surface area contributed by atoms with Crippen LogP contribution >= 0.6 is 0 Å². The number of allylic oxidation sites excluding steroid dienone is 4. The van der Waals surface area contributed by atoms with Crippen LogP contribution in [0.15, 0.2) is 53.9 Å². The van der Waals surface area contributed by atoms with Crippen LogP contribution in [0.25, 0.3) is 0 Å². The molecule has 0 unspecified atom stereocenters. The maximum absolute atomic E-state index is 4.20. The van der Waals surface area contributed by atoms with E-state index >= 15 is 0 Å². The summed E-state index contributed by atoms with van der Waals surface area (Å²) in [4.78, 5) is 4.20. The normalized spacial score (nSPS) is 13.0. The second-order valence-corrected chi connectivity index (χ2v) is 4.37. The minimum Gasteiger partial charge on any atom is -0.355 e. The highest BCUT2D eigenvalue weighted by Crippen LogP contribution is 2.20. The number of nitrogens with one attached hydrogen (secondary N) is 1. The molecule has 1 heterocycles. The SMILES string of the molecule is C=C/C(C)=C(Nc1ccnc(C)c1)\C(C)=C/CC. The van der Waals surface area contributed by atoms with Gasteiger partial charge in [-0.1, -0.05) is 25.7 Å². The van der Waals surface area contributed by atoms with Gasteiger partial charge in [-0.2, -0.15) is 0 Å². The molecule has 2 nitrogen and oxygen atoms in total. The van der Waals surface area contributed by atoms with Crippen molar-refractivity contribution < 1.29 is 0 Å². The molecule has 1 aromatic heterocycles. The standard InChI is InChI=1S/C16H22N2/c1-6-8-13(4)16(12(3)7-2)18-15-9-10-17-14(5)11-15/h7-11H,2,6H2,1,3-5H3,(H,17,18)/b13-8-,16-12+. The Morgan fingerprint density at radius 3 is 2.72 bits per heavy atom. The van der Waals surface area contributed by atoms with Crippen molar-refractivity contribution in [1.29, 1.82) is 0 Å². The molecule has 1 N–H and O–H groups in total. The van der Waals surface area contributed by atoms with Crippen molar-refractivity contribution in [2.24, 2.45) is 0 Å². The Kier molecular flexibility index (Phi) is 5.37. The van der Waals surface area contributed by atoms with Crippen molar-refractivity contribution in [3.8, 4) is 0 Å². The van der Waals surface area contributed by atoms with E-state index in [4.69, 9.17) is 0 Å². The van der Waals surface area contributed by atoms with Gasteiger partial charge in [0.25, 0.3) is 0 Å². The first-order valence-corrected chi connectivity index (χ1v) is 6.28. The van der Waals surface area contributed by atoms with Gasteiger partial charge in [-0.05, 0) is 50.5 Å². The Morgan fingerprint density at radius 1 is 1.44 bits per heavy atom. The third-order valence-electron chi connectivity index (χ3n) is 2.77. The van der Waals surface area contributed by atoms with Crippen molar-refractivity contribution in [1.82, 2.24) is 4.98 Å². The maximum Gasteiger partial charge on any atom is 0.0440 e. The van der Waals surface area contributed by atoms with Crippen LogP contribution in [0.1, 0.15) is 32.9 Å². The molecule has 1 rings (SSSR count). The van der Waals surface area contributed by atoms with Crippen molar-refractivity contribution in [3.63, 3.8) is 0 Å². The minimum absolute atomic E-state index is 1.01. The number of anilines is 1. The first kappa shape index (κ1) is 14.2. The number of hydrogen-bond acceptors (Lipinski definition) is 2. The van der Waals surface area contributed by atoms with Gasteiger partial charge >= 0.3 is 0 Å². The van der Waals surface area contributed by atoms with E-state index in [0.717, 1.165) is 29.1 Å². The van der Waals surface area contributed by atoms with E-state index in [0.29, 0.717) is 0 Å². The average Bonchev–Trinajstić information content (AvgIpc) is 2.35. The molecule has 0 saturated carbocycles. The average molecular weight is 242 g/mol. The molecule has 0 atom stereocenters. The van der Waals surface area contributed by atoms with E-state index in [1.807, 2.05) is 31.3 Å². The zero-order valence-corrected chi connectivity index (χ0v) is 11.7. The van der Waals surface area contributed by atoms with Gasteiger partial charge in [0.2, 0.25) is 0 Å². The topological polar surface area (TPSA) is 24.9 Å². The Bertz CT molecular complexity index is 482. The molecule has 0 amide bonds. The van der Waals surface area contributed by atoms with Crippen LogP contribution in [0.3, 0.4) is 0 Å². The predicted octanol–water partition coefficient (Wildman–Crippen LogP) is 4.62. The molecule has 0 saturated heterocycles. The molecule has 0 aliphatic rings. The lowest BCUT2D eigenvalue weighted by Crippen LogP contribution is -2.04. The number of aryl methyl sites for hydroxylation is 1. The molecule has 0 aliphatic carbocycles. The molecular formula is C16H22N2. The van der Waals surface area contributed by atoms with Gasteiger partial charge in [0.05, 0.1) is 0 Å². The van der Waals surface area contributed by atoms with Gasteiger partial charge in [-0.25, -0.2) is 0 Å². The summed E-state index contributed by atoms with van der Waals surface area (Å²) in [5.74, 6) is 0. The second-order valence-electron chi connectivity index (χ2n) is 4.37. The Hall–Kier alpha value is -1.83. The van der Waals surface area contributed by atoms with Crippen molar-refractivity contribution >= 4 is 5.69 Å². The van der Waals surface area contributed by atoms with Gasteiger partial charge in [0, 0.05) is 23.3 Å². The summed E-state index contributed by atoms with van der Waals surface area (Å²) in [5, 5.41) is 3.46. The Morgan fingerprint density at radius 2 is 2.17 bits per heavy atom.